The summed E-state index contributed by atoms with van der Waals surface area (Å²) < 4.78 is 5.70. The Morgan fingerprint density at radius 1 is 1.06 bits per heavy atom. The van der Waals surface area contributed by atoms with Crippen LogP contribution >= 0.6 is 0 Å². The first kappa shape index (κ1) is 21.3. The van der Waals surface area contributed by atoms with Gasteiger partial charge >= 0.3 is 0 Å². The Bertz CT molecular complexity index is 991. The van der Waals surface area contributed by atoms with E-state index >= 15 is 0 Å². The minimum absolute atomic E-state index is 0.0314. The van der Waals surface area contributed by atoms with Crippen LogP contribution < -0.4 is 4.90 Å². The maximum absolute atomic E-state index is 12.1. The van der Waals surface area contributed by atoms with Crippen molar-refractivity contribution in [2.75, 3.05) is 31.1 Å². The molecule has 1 unspecified atom stereocenters. The molecule has 0 bridgehead atoms. The largest absolute Gasteiger partial charge is 0.447 e. The predicted octanol–water partition coefficient (Wildman–Crippen LogP) is 4.66. The van der Waals surface area contributed by atoms with Crippen LogP contribution in [0.15, 0.2) is 65.4 Å². The van der Waals surface area contributed by atoms with Crippen LogP contribution in [-0.2, 0) is 11.2 Å². The van der Waals surface area contributed by atoms with Gasteiger partial charge in [0, 0.05) is 44.2 Å². The normalized spacial score (nSPS) is 15.9. The van der Waals surface area contributed by atoms with Crippen LogP contribution in [0.3, 0.4) is 0 Å². The van der Waals surface area contributed by atoms with E-state index in [1.54, 1.807) is 12.5 Å². The van der Waals surface area contributed by atoms with Gasteiger partial charge in [-0.25, -0.2) is 4.98 Å². The Hall–Kier alpha value is -2.92. The number of oxazole rings is 1. The molecule has 0 aliphatic carbocycles. The second kappa shape index (κ2) is 9.48. The van der Waals surface area contributed by atoms with Crippen LogP contribution in [0.1, 0.15) is 42.5 Å². The minimum atomic E-state index is 0.0314. The van der Waals surface area contributed by atoms with E-state index in [0.717, 1.165) is 37.6 Å². The second-order valence-corrected chi connectivity index (χ2v) is 8.63. The zero-order valence-corrected chi connectivity index (χ0v) is 18.6. The first-order valence-electron chi connectivity index (χ1n) is 11.1. The van der Waals surface area contributed by atoms with Crippen molar-refractivity contribution in [1.82, 2.24) is 9.88 Å². The Balaban J connectivity index is 1.46. The summed E-state index contributed by atoms with van der Waals surface area (Å²) in [7, 11) is 0. The van der Waals surface area contributed by atoms with Crippen molar-refractivity contribution >= 4 is 11.5 Å². The maximum atomic E-state index is 12.1. The highest BCUT2D eigenvalue weighted by atomic mass is 16.3. The number of benzene rings is 2. The van der Waals surface area contributed by atoms with Crippen LogP contribution in [-0.4, -0.2) is 41.8 Å². The predicted molar refractivity (Wildman–Crippen MR) is 123 cm³/mol. The zero-order valence-electron chi connectivity index (χ0n) is 18.6. The number of rotatable bonds is 7. The quantitative estimate of drug-likeness (QED) is 0.559. The number of aromatic nitrogens is 1. The van der Waals surface area contributed by atoms with E-state index < -0.39 is 0 Å². The summed E-state index contributed by atoms with van der Waals surface area (Å²) in [5, 5.41) is 0. The molecule has 2 heterocycles. The summed E-state index contributed by atoms with van der Waals surface area (Å²) in [5.74, 6) is 1.11. The third-order valence-corrected chi connectivity index (χ3v) is 6.10. The molecule has 1 aliphatic rings. The molecule has 0 saturated carbocycles. The molecule has 0 spiro atoms. The Morgan fingerprint density at radius 3 is 2.42 bits per heavy atom. The van der Waals surface area contributed by atoms with E-state index in [1.807, 2.05) is 19.9 Å². The zero-order chi connectivity index (χ0) is 21.8. The molecule has 0 amide bonds. The van der Waals surface area contributed by atoms with Gasteiger partial charge in [0.05, 0.1) is 6.20 Å². The molecule has 1 atom stereocenters. The van der Waals surface area contributed by atoms with Crippen LogP contribution in [0.4, 0.5) is 5.69 Å². The second-order valence-electron chi connectivity index (χ2n) is 8.63. The molecule has 2 aromatic carbocycles. The van der Waals surface area contributed by atoms with Gasteiger partial charge in [-0.3, -0.25) is 9.69 Å². The number of aryl methyl sites for hydroxylation is 1. The van der Waals surface area contributed by atoms with Crippen molar-refractivity contribution < 1.29 is 9.21 Å². The van der Waals surface area contributed by atoms with E-state index in [1.165, 1.54) is 16.8 Å². The number of carbonyl (C=O) groups excluding carboxylic acids is 1. The third kappa shape index (κ3) is 4.88. The van der Waals surface area contributed by atoms with E-state index in [0.29, 0.717) is 12.2 Å². The van der Waals surface area contributed by atoms with Crippen LogP contribution in [0.2, 0.25) is 0 Å². The Morgan fingerprint density at radius 2 is 1.81 bits per heavy atom. The van der Waals surface area contributed by atoms with Crippen molar-refractivity contribution in [1.29, 1.82) is 0 Å². The van der Waals surface area contributed by atoms with Gasteiger partial charge in [-0.15, -0.1) is 0 Å². The standard InChI is InChI=1S/C26H31N3O2/c1-19(2)24(30)18-21-9-10-23(20(3)17-21)28-12-14-29(15-13-28)25(26-27-11-16-31-26)22-7-5-4-6-8-22/h4-11,16-17,19,25H,12-15,18H2,1-3H3. The number of piperazine rings is 1. The monoisotopic (exact) mass is 417 g/mol. The lowest BCUT2D eigenvalue weighted by Gasteiger charge is -2.40. The minimum Gasteiger partial charge on any atom is -0.447 e. The average molecular weight is 418 g/mol. The molecule has 1 fully saturated rings. The van der Waals surface area contributed by atoms with Gasteiger partial charge < -0.3 is 9.32 Å². The number of hydrogen-bond donors (Lipinski definition) is 0. The lowest BCUT2D eigenvalue weighted by Crippen LogP contribution is -2.48. The van der Waals surface area contributed by atoms with Gasteiger partial charge in [0.15, 0.2) is 0 Å². The molecule has 162 valence electrons. The highest BCUT2D eigenvalue weighted by Gasteiger charge is 2.29. The lowest BCUT2D eigenvalue weighted by atomic mass is 9.99. The fourth-order valence-corrected chi connectivity index (χ4v) is 4.32. The van der Waals surface area contributed by atoms with Crippen LogP contribution in [0, 0.1) is 12.8 Å². The summed E-state index contributed by atoms with van der Waals surface area (Å²) in [4.78, 5) is 21.4. The number of ketones is 1. The van der Waals surface area contributed by atoms with E-state index in [9.17, 15) is 4.79 Å². The summed E-state index contributed by atoms with van der Waals surface area (Å²) >= 11 is 0. The van der Waals surface area contributed by atoms with Crippen molar-refractivity contribution in [3.05, 3.63) is 83.6 Å². The van der Waals surface area contributed by atoms with Crippen molar-refractivity contribution in [3.8, 4) is 0 Å². The lowest BCUT2D eigenvalue weighted by molar-refractivity contribution is -0.121. The van der Waals surface area contributed by atoms with Crippen LogP contribution in [0.5, 0.6) is 0 Å². The molecular weight excluding hydrogens is 386 g/mol. The maximum Gasteiger partial charge on any atom is 0.215 e. The molecule has 0 N–H and O–H groups in total. The highest BCUT2D eigenvalue weighted by molar-refractivity contribution is 5.82. The number of carbonyl (C=O) groups is 1. The summed E-state index contributed by atoms with van der Waals surface area (Å²) in [5.41, 5.74) is 4.79. The van der Waals surface area contributed by atoms with Crippen molar-refractivity contribution in [2.45, 2.75) is 33.2 Å². The van der Waals surface area contributed by atoms with Gasteiger partial charge in [0.1, 0.15) is 18.1 Å². The average Bonchev–Trinajstić information content (AvgIpc) is 3.30. The Labute approximate surface area is 184 Å². The molecule has 5 heteroatoms. The van der Waals surface area contributed by atoms with Gasteiger partial charge in [-0.2, -0.15) is 0 Å². The molecule has 31 heavy (non-hydrogen) atoms. The van der Waals surface area contributed by atoms with Crippen molar-refractivity contribution in [3.63, 3.8) is 0 Å². The topological polar surface area (TPSA) is 49.6 Å². The number of Topliss-reactive ketones (excluding diaryl/α,β-unsaturated/α-hetero) is 1. The van der Waals surface area contributed by atoms with Crippen molar-refractivity contribution in [2.24, 2.45) is 5.92 Å². The summed E-state index contributed by atoms with van der Waals surface area (Å²) in [6.07, 6.45) is 3.88. The number of anilines is 1. The summed E-state index contributed by atoms with van der Waals surface area (Å²) in [6.45, 7) is 9.80. The Kier molecular flexibility index (Phi) is 6.52. The summed E-state index contributed by atoms with van der Waals surface area (Å²) in [6, 6.07) is 16.9. The van der Waals surface area contributed by atoms with Gasteiger partial charge in [-0.05, 0) is 29.7 Å². The number of nitrogens with zero attached hydrogens (tertiary/aromatic N) is 3. The van der Waals surface area contributed by atoms with Gasteiger partial charge in [0.2, 0.25) is 5.89 Å². The highest BCUT2D eigenvalue weighted by Crippen LogP contribution is 2.30. The first-order chi connectivity index (χ1) is 15.0. The molecule has 1 aliphatic heterocycles. The molecule has 3 aromatic rings. The fraction of sp³-hybridized carbons (Fsp3) is 0.385. The first-order valence-corrected chi connectivity index (χ1v) is 11.1. The van der Waals surface area contributed by atoms with Gasteiger partial charge in [0.25, 0.3) is 0 Å². The fourth-order valence-electron chi connectivity index (χ4n) is 4.32. The molecule has 1 aromatic heterocycles. The van der Waals surface area contributed by atoms with Gasteiger partial charge in [-0.1, -0.05) is 56.3 Å². The third-order valence-electron chi connectivity index (χ3n) is 6.10. The molecule has 1 saturated heterocycles. The smallest absolute Gasteiger partial charge is 0.215 e. The van der Waals surface area contributed by atoms with Crippen LogP contribution in [0.25, 0.3) is 0 Å². The van der Waals surface area contributed by atoms with E-state index in [4.69, 9.17) is 4.42 Å². The SMILES string of the molecule is Cc1cc(CC(=O)C(C)C)ccc1N1CCN(C(c2ccccc2)c2ncco2)CC1. The van der Waals surface area contributed by atoms with E-state index in [-0.39, 0.29) is 12.0 Å². The number of hydrogen-bond acceptors (Lipinski definition) is 5. The molecule has 0 radical (unpaired) electrons. The molecule has 4 rings (SSSR count). The molecule has 5 nitrogen and oxygen atoms in total. The van der Waals surface area contributed by atoms with E-state index in [2.05, 4.69) is 64.2 Å². The molecular formula is C26H31N3O2.